The molecule has 5 aromatic rings. The molecule has 0 fully saturated rings. The number of hydrogen-bond acceptors (Lipinski definition) is 4. The lowest BCUT2D eigenvalue weighted by atomic mass is 10.0. The number of H-pyrrole nitrogens is 1. The molecule has 0 radical (unpaired) electrons. The van der Waals surface area contributed by atoms with Crippen molar-refractivity contribution in [2.45, 2.75) is 18.4 Å². The Labute approximate surface area is 200 Å². The zero-order valence-corrected chi connectivity index (χ0v) is 19.8. The molecule has 0 atom stereocenters. The first-order chi connectivity index (χ1) is 16.1. The van der Waals surface area contributed by atoms with Crippen molar-refractivity contribution in [3.8, 4) is 16.9 Å². The number of aromatic amines is 1. The average Bonchev–Trinajstić information content (AvgIpc) is 3.21. The summed E-state index contributed by atoms with van der Waals surface area (Å²) in [6.45, 7) is 2.58. The van der Waals surface area contributed by atoms with Crippen molar-refractivity contribution in [1.29, 1.82) is 0 Å². The smallest absolute Gasteiger partial charge is 0.275 e. The van der Waals surface area contributed by atoms with Crippen molar-refractivity contribution in [2.75, 3.05) is 12.9 Å². The molecule has 7 heteroatoms. The Balaban J connectivity index is 1.75. The number of nitrogens with zero attached hydrogens (tertiary/aromatic N) is 2. The van der Waals surface area contributed by atoms with Crippen molar-refractivity contribution in [2.24, 2.45) is 0 Å². The monoisotopic (exact) mass is 475 g/mol. The van der Waals surface area contributed by atoms with Gasteiger partial charge in [0.25, 0.3) is 5.56 Å². The molecule has 2 aromatic carbocycles. The lowest BCUT2D eigenvalue weighted by Gasteiger charge is -2.12. The number of rotatable bonds is 6. The zero-order chi connectivity index (χ0) is 22.9. The predicted octanol–water partition coefficient (Wildman–Crippen LogP) is 6.37. The van der Waals surface area contributed by atoms with E-state index in [1.807, 2.05) is 36.5 Å². The summed E-state index contributed by atoms with van der Waals surface area (Å²) in [4.78, 5) is 22.4. The van der Waals surface area contributed by atoms with Crippen LogP contribution in [0.3, 0.4) is 0 Å². The summed E-state index contributed by atoms with van der Waals surface area (Å²) >= 11 is 8.06. The number of aromatic nitrogens is 3. The lowest BCUT2D eigenvalue weighted by Crippen LogP contribution is -2.21. The van der Waals surface area contributed by atoms with E-state index in [4.69, 9.17) is 16.3 Å². The number of benzene rings is 2. The Morgan fingerprint density at radius 3 is 2.73 bits per heavy atom. The fourth-order valence-corrected chi connectivity index (χ4v) is 4.97. The molecule has 166 valence electrons. The summed E-state index contributed by atoms with van der Waals surface area (Å²) in [7, 11) is 1.64. The zero-order valence-electron chi connectivity index (χ0n) is 18.3. The summed E-state index contributed by atoms with van der Waals surface area (Å²) in [5, 5.41) is 2.22. The highest BCUT2D eigenvalue weighted by atomic mass is 35.5. The maximum atomic E-state index is 13.5. The number of fused-ring (bicyclic) bond motifs is 3. The number of thioether (sulfide) groups is 1. The molecular weight excluding hydrogens is 454 g/mol. The van der Waals surface area contributed by atoms with Gasteiger partial charge in [-0.25, -0.2) is 4.98 Å². The Hall–Kier alpha value is -3.22. The van der Waals surface area contributed by atoms with E-state index in [0.717, 1.165) is 39.0 Å². The largest absolute Gasteiger partial charge is 0.497 e. The fraction of sp³-hybridized carbons (Fsp3) is 0.154. The number of ether oxygens (including phenoxy) is 1. The maximum Gasteiger partial charge on any atom is 0.275 e. The number of nitrogens with one attached hydrogen (secondary N) is 1. The molecule has 0 aliphatic rings. The quantitative estimate of drug-likeness (QED) is 0.290. The van der Waals surface area contributed by atoms with Gasteiger partial charge >= 0.3 is 0 Å². The molecule has 5 nitrogen and oxygen atoms in total. The Morgan fingerprint density at radius 1 is 1.15 bits per heavy atom. The Kier molecular flexibility index (Phi) is 5.87. The van der Waals surface area contributed by atoms with Crippen LogP contribution in [0.1, 0.15) is 12.5 Å². The summed E-state index contributed by atoms with van der Waals surface area (Å²) in [6.07, 6.45) is 3.53. The molecule has 0 unspecified atom stereocenters. The fourth-order valence-electron chi connectivity index (χ4n) is 4.09. The molecule has 3 aromatic heterocycles. The van der Waals surface area contributed by atoms with Crippen LogP contribution in [0.2, 0.25) is 5.02 Å². The van der Waals surface area contributed by atoms with Gasteiger partial charge in [0, 0.05) is 33.6 Å². The van der Waals surface area contributed by atoms with Crippen molar-refractivity contribution < 1.29 is 4.74 Å². The third-order valence-corrected chi connectivity index (χ3v) is 6.70. The van der Waals surface area contributed by atoms with Crippen LogP contribution in [0, 0.1) is 0 Å². The minimum absolute atomic E-state index is 0.0993. The van der Waals surface area contributed by atoms with Gasteiger partial charge in [-0.05, 0) is 47.2 Å². The first kappa shape index (κ1) is 21.6. The second-order valence-electron chi connectivity index (χ2n) is 7.71. The Morgan fingerprint density at radius 2 is 1.97 bits per heavy atom. The third-order valence-electron chi connectivity index (χ3n) is 5.61. The van der Waals surface area contributed by atoms with Crippen molar-refractivity contribution in [3.63, 3.8) is 0 Å². The van der Waals surface area contributed by atoms with Gasteiger partial charge in [0.1, 0.15) is 16.9 Å². The van der Waals surface area contributed by atoms with E-state index in [0.29, 0.717) is 22.7 Å². The summed E-state index contributed by atoms with van der Waals surface area (Å²) < 4.78 is 7.00. The molecule has 1 N–H and O–H groups in total. The Bertz CT molecular complexity index is 1520. The molecule has 0 bridgehead atoms. The standard InChI is InChI=1S/C26H22ClN3O2S/c1-3-33-20-6-4-5-17(11-20)22-15-30(14-16-7-9-19(32-2)10-8-16)26(31)24-23(22)21-12-18(27)13-28-25(21)29-24/h4-13,15H,3,14H2,1-2H3,(H,28,29). The van der Waals surface area contributed by atoms with Crippen LogP contribution >= 0.6 is 23.4 Å². The molecule has 5 rings (SSSR count). The lowest BCUT2D eigenvalue weighted by molar-refractivity contribution is 0.414. The van der Waals surface area contributed by atoms with E-state index < -0.39 is 0 Å². The second-order valence-corrected chi connectivity index (χ2v) is 9.48. The first-order valence-electron chi connectivity index (χ1n) is 10.6. The highest BCUT2D eigenvalue weighted by molar-refractivity contribution is 7.99. The van der Waals surface area contributed by atoms with Gasteiger partial charge in [0.15, 0.2) is 0 Å². The van der Waals surface area contributed by atoms with E-state index in [1.54, 1.807) is 29.6 Å². The van der Waals surface area contributed by atoms with Gasteiger partial charge < -0.3 is 14.3 Å². The van der Waals surface area contributed by atoms with Crippen LogP contribution in [-0.4, -0.2) is 27.4 Å². The van der Waals surface area contributed by atoms with Crippen molar-refractivity contribution in [1.82, 2.24) is 14.5 Å². The molecule has 33 heavy (non-hydrogen) atoms. The van der Waals surface area contributed by atoms with E-state index in [-0.39, 0.29) is 5.56 Å². The number of halogens is 1. The number of hydrogen-bond donors (Lipinski definition) is 1. The van der Waals surface area contributed by atoms with Crippen LogP contribution in [0.4, 0.5) is 0 Å². The first-order valence-corrected chi connectivity index (χ1v) is 12.0. The van der Waals surface area contributed by atoms with E-state index in [2.05, 4.69) is 41.2 Å². The second kappa shape index (κ2) is 8.96. The van der Waals surface area contributed by atoms with Crippen LogP contribution in [-0.2, 0) is 6.54 Å². The van der Waals surface area contributed by atoms with E-state index >= 15 is 0 Å². The minimum atomic E-state index is -0.0993. The minimum Gasteiger partial charge on any atom is -0.497 e. The predicted molar refractivity (Wildman–Crippen MR) is 137 cm³/mol. The molecule has 0 saturated heterocycles. The highest BCUT2D eigenvalue weighted by Gasteiger charge is 2.17. The molecule has 0 aliphatic carbocycles. The average molecular weight is 476 g/mol. The van der Waals surface area contributed by atoms with Gasteiger partial charge in [-0.2, -0.15) is 0 Å². The summed E-state index contributed by atoms with van der Waals surface area (Å²) in [5.74, 6) is 1.77. The highest BCUT2D eigenvalue weighted by Crippen LogP contribution is 2.35. The van der Waals surface area contributed by atoms with Gasteiger partial charge in [0.2, 0.25) is 0 Å². The van der Waals surface area contributed by atoms with Gasteiger partial charge in [-0.15, -0.1) is 11.8 Å². The molecule has 0 spiro atoms. The van der Waals surface area contributed by atoms with Gasteiger partial charge in [-0.1, -0.05) is 42.8 Å². The number of pyridine rings is 2. The van der Waals surface area contributed by atoms with Crippen molar-refractivity contribution in [3.05, 3.63) is 87.9 Å². The maximum absolute atomic E-state index is 13.5. The number of methoxy groups -OCH3 is 1. The van der Waals surface area contributed by atoms with Crippen molar-refractivity contribution >= 4 is 45.3 Å². The van der Waals surface area contributed by atoms with Gasteiger partial charge in [0.05, 0.1) is 18.7 Å². The van der Waals surface area contributed by atoms with Crippen LogP contribution in [0.25, 0.3) is 33.1 Å². The summed E-state index contributed by atoms with van der Waals surface area (Å²) in [6, 6.07) is 18.0. The summed E-state index contributed by atoms with van der Waals surface area (Å²) in [5.41, 5.74) is 4.09. The SMILES string of the molecule is CCSc1cccc(-c2cn(Cc3ccc(OC)cc3)c(=O)c3[nH]c4ncc(Cl)cc4c23)c1. The van der Waals surface area contributed by atoms with E-state index in [1.165, 1.54) is 4.90 Å². The normalized spacial score (nSPS) is 11.4. The molecular formula is C26H22ClN3O2S. The van der Waals surface area contributed by atoms with Crippen LogP contribution < -0.4 is 10.3 Å². The third kappa shape index (κ3) is 4.12. The van der Waals surface area contributed by atoms with Crippen LogP contribution in [0.5, 0.6) is 5.75 Å². The van der Waals surface area contributed by atoms with Gasteiger partial charge in [-0.3, -0.25) is 4.79 Å². The molecule has 0 amide bonds. The molecule has 3 heterocycles. The van der Waals surface area contributed by atoms with E-state index in [9.17, 15) is 4.79 Å². The molecule has 0 aliphatic heterocycles. The molecule has 0 saturated carbocycles. The topological polar surface area (TPSA) is 59.9 Å². The van der Waals surface area contributed by atoms with Crippen LogP contribution in [0.15, 0.2) is 76.7 Å².